The topological polar surface area (TPSA) is 54.9 Å². The van der Waals surface area contributed by atoms with Crippen LogP contribution in [0, 0.1) is 12.8 Å². The number of aryl methyl sites for hydroxylation is 1. The van der Waals surface area contributed by atoms with Crippen LogP contribution >= 0.6 is 12.6 Å². The predicted octanol–water partition coefficient (Wildman–Crippen LogP) is 2.82. The van der Waals surface area contributed by atoms with Gasteiger partial charge in [-0.2, -0.15) is 0 Å². The van der Waals surface area contributed by atoms with E-state index in [1.165, 1.54) is 0 Å². The molecule has 1 aromatic heterocycles. The van der Waals surface area contributed by atoms with Gasteiger partial charge in [-0.25, -0.2) is 9.97 Å². The molecule has 1 aliphatic carbocycles. The minimum Gasteiger partial charge on any atom is -0.326 e. The Morgan fingerprint density at radius 1 is 1.40 bits per heavy atom. The van der Waals surface area contributed by atoms with Crippen LogP contribution in [-0.4, -0.2) is 15.9 Å². The molecule has 3 rings (SSSR count). The molecule has 1 aromatic carbocycles. The summed E-state index contributed by atoms with van der Waals surface area (Å²) in [4.78, 5) is 21.6. The monoisotopic (exact) mass is 285 g/mol. The van der Waals surface area contributed by atoms with Crippen molar-refractivity contribution >= 4 is 24.2 Å². The molecule has 0 saturated heterocycles. The number of rotatable bonds is 3. The van der Waals surface area contributed by atoms with Gasteiger partial charge < -0.3 is 5.32 Å². The lowest BCUT2D eigenvalue weighted by molar-refractivity contribution is -0.117. The Morgan fingerprint density at radius 3 is 3.00 bits per heavy atom. The van der Waals surface area contributed by atoms with Crippen LogP contribution in [0.2, 0.25) is 0 Å². The molecular formula is C15H15N3OS. The minimum absolute atomic E-state index is 0.0269. The summed E-state index contributed by atoms with van der Waals surface area (Å²) in [6.45, 7) is 1.93. The van der Waals surface area contributed by atoms with E-state index in [2.05, 4.69) is 27.9 Å². The van der Waals surface area contributed by atoms with E-state index >= 15 is 0 Å². The Labute approximate surface area is 123 Å². The molecule has 0 spiro atoms. The summed E-state index contributed by atoms with van der Waals surface area (Å²) < 4.78 is 0. The zero-order valence-electron chi connectivity index (χ0n) is 11.1. The van der Waals surface area contributed by atoms with Gasteiger partial charge in [-0.15, -0.1) is 12.6 Å². The standard InChI is InChI=1S/C15H15N3OS/c1-9-5-6-16-14(17-9)12-8-13(12)15(19)18-10-3-2-4-11(20)7-10/h2-7,12-13,20H,8H2,1H3,(H,18,19). The third-order valence-corrected chi connectivity index (χ3v) is 3.66. The van der Waals surface area contributed by atoms with Crippen LogP contribution < -0.4 is 5.32 Å². The van der Waals surface area contributed by atoms with Gasteiger partial charge in [0.25, 0.3) is 0 Å². The van der Waals surface area contributed by atoms with Crippen LogP contribution in [0.1, 0.15) is 23.9 Å². The number of benzene rings is 1. The molecule has 1 fully saturated rings. The van der Waals surface area contributed by atoms with Crippen molar-refractivity contribution in [1.82, 2.24) is 9.97 Å². The van der Waals surface area contributed by atoms with Gasteiger partial charge in [0.2, 0.25) is 5.91 Å². The van der Waals surface area contributed by atoms with E-state index < -0.39 is 0 Å². The molecule has 1 aliphatic rings. The van der Waals surface area contributed by atoms with Crippen molar-refractivity contribution in [1.29, 1.82) is 0 Å². The average molecular weight is 285 g/mol. The summed E-state index contributed by atoms with van der Waals surface area (Å²) in [6, 6.07) is 9.30. The summed E-state index contributed by atoms with van der Waals surface area (Å²) >= 11 is 4.26. The molecule has 0 radical (unpaired) electrons. The highest BCUT2D eigenvalue weighted by atomic mass is 32.1. The minimum atomic E-state index is -0.0274. The van der Waals surface area contributed by atoms with Crippen LogP contribution in [-0.2, 0) is 4.79 Å². The zero-order chi connectivity index (χ0) is 14.1. The molecule has 2 aromatic rings. The summed E-state index contributed by atoms with van der Waals surface area (Å²) in [5.41, 5.74) is 1.71. The number of hydrogen-bond donors (Lipinski definition) is 2. The van der Waals surface area contributed by atoms with Gasteiger partial charge in [-0.1, -0.05) is 6.07 Å². The highest BCUT2D eigenvalue weighted by Gasteiger charge is 2.46. The second-order valence-corrected chi connectivity index (χ2v) is 5.56. The molecular weight excluding hydrogens is 270 g/mol. The molecule has 102 valence electrons. The van der Waals surface area contributed by atoms with Crippen molar-refractivity contribution in [2.24, 2.45) is 5.92 Å². The molecule has 20 heavy (non-hydrogen) atoms. The van der Waals surface area contributed by atoms with E-state index in [-0.39, 0.29) is 17.7 Å². The summed E-state index contributed by atoms with van der Waals surface area (Å²) in [5.74, 6) is 0.918. The maximum absolute atomic E-state index is 12.2. The normalized spacial score (nSPS) is 20.5. The molecule has 1 saturated carbocycles. The van der Waals surface area contributed by atoms with Crippen molar-refractivity contribution < 1.29 is 4.79 Å². The van der Waals surface area contributed by atoms with Crippen LogP contribution in [0.5, 0.6) is 0 Å². The third-order valence-electron chi connectivity index (χ3n) is 3.39. The van der Waals surface area contributed by atoms with Crippen molar-refractivity contribution in [3.8, 4) is 0 Å². The van der Waals surface area contributed by atoms with Crippen LogP contribution in [0.3, 0.4) is 0 Å². The predicted molar refractivity (Wildman–Crippen MR) is 79.9 cm³/mol. The fourth-order valence-electron chi connectivity index (χ4n) is 2.24. The van der Waals surface area contributed by atoms with Crippen LogP contribution in [0.15, 0.2) is 41.4 Å². The Balaban J connectivity index is 1.66. The van der Waals surface area contributed by atoms with Gasteiger partial charge in [0.1, 0.15) is 5.82 Å². The summed E-state index contributed by atoms with van der Waals surface area (Å²) in [7, 11) is 0. The quantitative estimate of drug-likeness (QED) is 0.853. The molecule has 1 heterocycles. The summed E-state index contributed by atoms with van der Waals surface area (Å²) in [5, 5.41) is 2.92. The Bertz CT molecular complexity index is 659. The average Bonchev–Trinajstić information content (AvgIpc) is 3.19. The van der Waals surface area contributed by atoms with Crippen molar-refractivity contribution in [2.45, 2.75) is 24.2 Å². The third kappa shape index (κ3) is 2.82. The number of thiol groups is 1. The molecule has 0 bridgehead atoms. The van der Waals surface area contributed by atoms with Crippen molar-refractivity contribution in [3.63, 3.8) is 0 Å². The maximum atomic E-state index is 12.2. The van der Waals surface area contributed by atoms with Gasteiger partial charge >= 0.3 is 0 Å². The van der Waals surface area contributed by atoms with Crippen LogP contribution in [0.4, 0.5) is 5.69 Å². The van der Waals surface area contributed by atoms with Gasteiger partial charge in [-0.3, -0.25) is 4.79 Å². The van der Waals surface area contributed by atoms with Gasteiger partial charge in [0.15, 0.2) is 0 Å². The number of carbonyl (C=O) groups is 1. The number of anilines is 1. The van der Waals surface area contributed by atoms with E-state index in [9.17, 15) is 4.79 Å². The first kappa shape index (κ1) is 13.1. The molecule has 2 unspecified atom stereocenters. The fraction of sp³-hybridized carbons (Fsp3) is 0.267. The number of nitrogens with one attached hydrogen (secondary N) is 1. The van der Waals surface area contributed by atoms with Crippen molar-refractivity contribution in [2.75, 3.05) is 5.32 Å². The SMILES string of the molecule is Cc1ccnc(C2CC2C(=O)Nc2cccc(S)c2)n1. The van der Waals surface area contributed by atoms with E-state index in [0.717, 1.165) is 28.5 Å². The molecule has 1 N–H and O–H groups in total. The molecule has 4 nitrogen and oxygen atoms in total. The van der Waals surface area contributed by atoms with E-state index in [4.69, 9.17) is 0 Å². The number of amides is 1. The van der Waals surface area contributed by atoms with Crippen molar-refractivity contribution in [3.05, 3.63) is 48.0 Å². The molecule has 5 heteroatoms. The number of carbonyl (C=O) groups excluding carboxylic acids is 1. The smallest absolute Gasteiger partial charge is 0.228 e. The highest BCUT2D eigenvalue weighted by molar-refractivity contribution is 7.80. The first-order valence-corrected chi connectivity index (χ1v) is 6.97. The maximum Gasteiger partial charge on any atom is 0.228 e. The Morgan fingerprint density at radius 2 is 2.25 bits per heavy atom. The molecule has 0 aliphatic heterocycles. The molecule has 1 amide bonds. The van der Waals surface area contributed by atoms with Gasteiger partial charge in [-0.05, 0) is 37.6 Å². The van der Waals surface area contributed by atoms with Gasteiger partial charge in [0, 0.05) is 34.3 Å². The van der Waals surface area contributed by atoms with Crippen LogP contribution in [0.25, 0.3) is 0 Å². The fourth-order valence-corrected chi connectivity index (χ4v) is 2.46. The lowest BCUT2D eigenvalue weighted by Crippen LogP contribution is -2.15. The van der Waals surface area contributed by atoms with E-state index in [1.54, 1.807) is 6.20 Å². The zero-order valence-corrected chi connectivity index (χ0v) is 12.0. The second kappa shape index (κ2) is 5.25. The lowest BCUT2D eigenvalue weighted by Gasteiger charge is -2.05. The Kier molecular flexibility index (Phi) is 3.44. The number of hydrogen-bond acceptors (Lipinski definition) is 4. The summed E-state index contributed by atoms with van der Waals surface area (Å²) in [6.07, 6.45) is 2.56. The Hall–Kier alpha value is -1.88. The highest BCUT2D eigenvalue weighted by Crippen LogP contribution is 2.46. The lowest BCUT2D eigenvalue weighted by atomic mass is 10.2. The number of nitrogens with zero attached hydrogens (tertiary/aromatic N) is 2. The van der Waals surface area contributed by atoms with E-state index in [0.29, 0.717) is 0 Å². The molecule has 2 atom stereocenters. The first-order chi connectivity index (χ1) is 9.63. The van der Waals surface area contributed by atoms with Gasteiger partial charge in [0.05, 0.1) is 0 Å². The first-order valence-electron chi connectivity index (χ1n) is 6.53. The largest absolute Gasteiger partial charge is 0.326 e. The second-order valence-electron chi connectivity index (χ2n) is 5.04. The van der Waals surface area contributed by atoms with E-state index in [1.807, 2.05) is 37.3 Å². The number of aromatic nitrogens is 2.